The zero-order valence-electron chi connectivity index (χ0n) is 17.4. The minimum Gasteiger partial charge on any atom is -0.338 e. The van der Waals surface area contributed by atoms with E-state index in [0.29, 0.717) is 6.04 Å². The van der Waals surface area contributed by atoms with Crippen LogP contribution in [0.4, 0.5) is 4.39 Å². The number of hydrogen-bond acceptors (Lipinski definition) is 4. The molecule has 3 atom stereocenters. The van der Waals surface area contributed by atoms with Crippen LogP contribution in [0.15, 0.2) is 59.7 Å². The van der Waals surface area contributed by atoms with Crippen LogP contribution in [-0.2, 0) is 0 Å². The maximum Gasteiger partial charge on any atom is 0.160 e. The summed E-state index contributed by atoms with van der Waals surface area (Å²) in [5, 5.41) is 1.12. The fourth-order valence-electron chi connectivity index (χ4n) is 4.79. The average molecular weight is 421 g/mol. The highest BCUT2D eigenvalue weighted by atomic mass is 32.2. The fourth-order valence-corrected chi connectivity index (χ4v) is 6.12. The SMILES string of the molecule is CCC1CSC2=NC(c3ccccn3)C(c3cc(C)n(-c4cccc(F)c4)c3C)N21. The summed E-state index contributed by atoms with van der Waals surface area (Å²) in [5.74, 6) is 0.852. The molecule has 0 saturated carbocycles. The van der Waals surface area contributed by atoms with Gasteiger partial charge in [-0.1, -0.05) is 30.8 Å². The number of fused-ring (bicyclic) bond motifs is 1. The Bertz CT molecular complexity index is 1110. The van der Waals surface area contributed by atoms with E-state index in [1.807, 2.05) is 36.2 Å². The first-order valence-electron chi connectivity index (χ1n) is 10.4. The molecule has 154 valence electrons. The average Bonchev–Trinajstić information content (AvgIpc) is 3.40. The number of rotatable bonds is 4. The molecule has 0 radical (unpaired) electrons. The number of hydrogen-bond donors (Lipinski definition) is 0. The van der Waals surface area contributed by atoms with Crippen molar-refractivity contribution in [1.82, 2.24) is 14.5 Å². The van der Waals surface area contributed by atoms with E-state index in [2.05, 4.69) is 47.4 Å². The molecule has 0 aliphatic carbocycles. The first kappa shape index (κ1) is 19.4. The Balaban J connectivity index is 1.64. The molecule has 2 aliphatic heterocycles. The molecule has 0 amide bonds. The minimum atomic E-state index is -0.221. The van der Waals surface area contributed by atoms with Crippen LogP contribution < -0.4 is 0 Å². The summed E-state index contributed by atoms with van der Waals surface area (Å²) in [4.78, 5) is 12.3. The van der Waals surface area contributed by atoms with Crippen molar-refractivity contribution < 1.29 is 4.39 Å². The molecule has 6 heteroatoms. The van der Waals surface area contributed by atoms with Crippen molar-refractivity contribution in [2.75, 3.05) is 5.75 Å². The highest BCUT2D eigenvalue weighted by molar-refractivity contribution is 8.14. The first-order valence-corrected chi connectivity index (χ1v) is 11.4. The Kier molecular flexibility index (Phi) is 4.89. The number of aryl methyl sites for hydroxylation is 1. The maximum absolute atomic E-state index is 13.9. The number of aromatic nitrogens is 2. The summed E-state index contributed by atoms with van der Waals surface area (Å²) >= 11 is 1.85. The monoisotopic (exact) mass is 420 g/mol. The third-order valence-corrected chi connectivity index (χ3v) is 7.31. The molecule has 1 saturated heterocycles. The number of halogens is 1. The second-order valence-corrected chi connectivity index (χ2v) is 8.97. The van der Waals surface area contributed by atoms with Gasteiger partial charge in [0.1, 0.15) is 11.9 Å². The van der Waals surface area contributed by atoms with Crippen molar-refractivity contribution >= 4 is 16.9 Å². The highest BCUT2D eigenvalue weighted by Crippen LogP contribution is 2.49. The predicted octanol–water partition coefficient (Wildman–Crippen LogP) is 5.61. The minimum absolute atomic E-state index is 0.0375. The van der Waals surface area contributed by atoms with E-state index in [1.165, 1.54) is 11.6 Å². The van der Waals surface area contributed by atoms with E-state index in [-0.39, 0.29) is 17.9 Å². The Hall–Kier alpha value is -2.60. The number of pyridine rings is 1. The van der Waals surface area contributed by atoms with Crippen LogP contribution in [0.3, 0.4) is 0 Å². The van der Waals surface area contributed by atoms with E-state index < -0.39 is 0 Å². The molecular formula is C24H25FN4S. The van der Waals surface area contributed by atoms with Gasteiger partial charge in [0.25, 0.3) is 0 Å². The van der Waals surface area contributed by atoms with Crippen molar-refractivity contribution in [3.05, 3.63) is 83.2 Å². The molecular weight excluding hydrogens is 395 g/mol. The van der Waals surface area contributed by atoms with E-state index in [9.17, 15) is 4.39 Å². The van der Waals surface area contributed by atoms with Gasteiger partial charge in [0.2, 0.25) is 0 Å². The van der Waals surface area contributed by atoms with Crippen LogP contribution in [0.2, 0.25) is 0 Å². The Morgan fingerprint density at radius 2 is 2.00 bits per heavy atom. The number of thioether (sulfide) groups is 1. The molecule has 1 aromatic carbocycles. The quantitative estimate of drug-likeness (QED) is 0.550. The van der Waals surface area contributed by atoms with Crippen LogP contribution in [0, 0.1) is 19.7 Å². The van der Waals surface area contributed by atoms with Crippen molar-refractivity contribution in [2.45, 2.75) is 45.3 Å². The Morgan fingerprint density at radius 1 is 1.13 bits per heavy atom. The Morgan fingerprint density at radius 3 is 2.73 bits per heavy atom. The van der Waals surface area contributed by atoms with Gasteiger partial charge in [-0.2, -0.15) is 0 Å². The summed E-state index contributed by atoms with van der Waals surface area (Å²) in [6.45, 7) is 6.46. The summed E-state index contributed by atoms with van der Waals surface area (Å²) in [5.41, 5.74) is 5.32. The van der Waals surface area contributed by atoms with Crippen molar-refractivity contribution in [2.24, 2.45) is 4.99 Å². The molecule has 0 N–H and O–H groups in total. The zero-order valence-corrected chi connectivity index (χ0v) is 18.2. The zero-order chi connectivity index (χ0) is 20.8. The smallest absolute Gasteiger partial charge is 0.160 e. The summed E-state index contributed by atoms with van der Waals surface area (Å²) in [6.07, 6.45) is 2.93. The lowest BCUT2D eigenvalue weighted by atomic mass is 9.95. The number of aliphatic imine (C=N–C) groups is 1. The third-order valence-electron chi connectivity index (χ3n) is 6.18. The molecule has 0 bridgehead atoms. The van der Waals surface area contributed by atoms with E-state index >= 15 is 0 Å². The topological polar surface area (TPSA) is 33.4 Å². The van der Waals surface area contributed by atoms with Gasteiger partial charge < -0.3 is 9.47 Å². The van der Waals surface area contributed by atoms with Gasteiger partial charge in [-0.15, -0.1) is 0 Å². The first-order chi connectivity index (χ1) is 14.6. The number of amidine groups is 1. The second-order valence-electron chi connectivity index (χ2n) is 7.98. The van der Waals surface area contributed by atoms with Gasteiger partial charge in [-0.05, 0) is 62.2 Å². The third kappa shape index (κ3) is 3.05. The molecule has 0 spiro atoms. The molecule has 4 heterocycles. The lowest BCUT2D eigenvalue weighted by Gasteiger charge is -2.32. The normalized spacial score (nSPS) is 23.0. The van der Waals surface area contributed by atoms with Crippen molar-refractivity contribution in [3.8, 4) is 5.69 Å². The molecule has 2 aromatic heterocycles. The summed E-state index contributed by atoms with van der Waals surface area (Å²) in [7, 11) is 0. The van der Waals surface area contributed by atoms with Crippen LogP contribution in [0.1, 0.15) is 48.1 Å². The largest absolute Gasteiger partial charge is 0.338 e. The highest BCUT2D eigenvalue weighted by Gasteiger charge is 2.46. The fraction of sp³-hybridized carbons (Fsp3) is 0.333. The maximum atomic E-state index is 13.9. The lowest BCUT2D eigenvalue weighted by molar-refractivity contribution is 0.254. The molecule has 1 fully saturated rings. The molecule has 2 aliphatic rings. The van der Waals surface area contributed by atoms with Crippen LogP contribution >= 0.6 is 11.8 Å². The van der Waals surface area contributed by atoms with Crippen LogP contribution in [-0.4, -0.2) is 31.4 Å². The van der Waals surface area contributed by atoms with Gasteiger partial charge in [-0.3, -0.25) is 9.98 Å². The standard InChI is InChI=1S/C24H25FN4S/c1-4-18-14-30-24-27-22(21-10-5-6-11-26-21)23(29(18)24)20-12-15(2)28(16(20)3)19-9-7-8-17(25)13-19/h5-13,18,22-23H,4,14H2,1-3H3. The Labute approximate surface area is 180 Å². The van der Waals surface area contributed by atoms with Gasteiger partial charge >= 0.3 is 0 Å². The van der Waals surface area contributed by atoms with Gasteiger partial charge in [0.15, 0.2) is 5.17 Å². The summed E-state index contributed by atoms with van der Waals surface area (Å²) < 4.78 is 16.1. The summed E-state index contributed by atoms with van der Waals surface area (Å²) in [6, 6.07) is 15.6. The predicted molar refractivity (Wildman–Crippen MR) is 121 cm³/mol. The number of nitrogens with zero attached hydrogens (tertiary/aromatic N) is 4. The van der Waals surface area contributed by atoms with Crippen molar-refractivity contribution in [1.29, 1.82) is 0 Å². The van der Waals surface area contributed by atoms with Gasteiger partial charge in [-0.25, -0.2) is 4.39 Å². The van der Waals surface area contributed by atoms with Gasteiger partial charge in [0.05, 0.1) is 11.7 Å². The second kappa shape index (κ2) is 7.58. The van der Waals surface area contributed by atoms with Gasteiger partial charge in [0, 0.05) is 35.1 Å². The number of benzene rings is 1. The molecule has 30 heavy (non-hydrogen) atoms. The molecule has 3 aromatic rings. The molecule has 5 rings (SSSR count). The van der Waals surface area contributed by atoms with E-state index in [1.54, 1.807) is 12.1 Å². The van der Waals surface area contributed by atoms with E-state index in [4.69, 9.17) is 4.99 Å². The van der Waals surface area contributed by atoms with Crippen LogP contribution in [0.5, 0.6) is 0 Å². The molecule has 4 nitrogen and oxygen atoms in total. The van der Waals surface area contributed by atoms with Crippen LogP contribution in [0.25, 0.3) is 5.69 Å². The molecule has 3 unspecified atom stereocenters. The van der Waals surface area contributed by atoms with Crippen molar-refractivity contribution in [3.63, 3.8) is 0 Å². The van der Waals surface area contributed by atoms with E-state index in [0.717, 1.165) is 40.1 Å². The lowest BCUT2D eigenvalue weighted by Crippen LogP contribution is -2.35.